The molecule has 0 heterocycles. The zero-order valence-corrected chi connectivity index (χ0v) is 8.03. The number of rotatable bonds is 1. The van der Waals surface area contributed by atoms with Gasteiger partial charge < -0.3 is 0 Å². The van der Waals surface area contributed by atoms with E-state index in [0.29, 0.717) is 12.1 Å². The van der Waals surface area contributed by atoms with E-state index in [1.807, 2.05) is 0 Å². The first-order chi connectivity index (χ1) is 6.36. The smallest absolute Gasteiger partial charge is 0.237 e. The Morgan fingerprint density at radius 2 is 1.79 bits per heavy atom. The first-order valence-corrected chi connectivity index (χ1v) is 5.48. The van der Waals surface area contributed by atoms with Crippen LogP contribution >= 0.6 is 10.7 Å². The molecule has 0 bridgehead atoms. The van der Waals surface area contributed by atoms with Crippen molar-refractivity contribution in [1.82, 2.24) is 0 Å². The molecule has 3 nitrogen and oxygen atoms in total. The molecule has 0 spiro atoms. The summed E-state index contributed by atoms with van der Waals surface area (Å²) in [5, 5.41) is 0. The molecule has 0 amide bonds. The van der Waals surface area contributed by atoms with Crippen LogP contribution in [-0.4, -0.2) is 8.42 Å². The van der Waals surface area contributed by atoms with Crippen LogP contribution in [0.3, 0.4) is 0 Å². The highest BCUT2D eigenvalue weighted by Gasteiger charge is 2.19. The van der Waals surface area contributed by atoms with E-state index in [-0.39, 0.29) is 0 Å². The molecule has 0 fully saturated rings. The molecule has 0 radical (unpaired) electrons. The standard InChI is InChI=1S/C7H2ClF2NO2S/c1-11-6-2-4(9)5(10)3-7(6)14(8,12)13/h2-3H. The second-order valence-electron chi connectivity index (χ2n) is 2.28. The predicted molar refractivity (Wildman–Crippen MR) is 45.7 cm³/mol. The fourth-order valence-electron chi connectivity index (χ4n) is 0.801. The van der Waals surface area contributed by atoms with Crippen molar-refractivity contribution in [3.05, 3.63) is 35.2 Å². The van der Waals surface area contributed by atoms with Crippen molar-refractivity contribution in [3.63, 3.8) is 0 Å². The van der Waals surface area contributed by atoms with E-state index in [0.717, 1.165) is 0 Å². The molecule has 1 aromatic carbocycles. The lowest BCUT2D eigenvalue weighted by Gasteiger charge is -2.00. The van der Waals surface area contributed by atoms with Gasteiger partial charge in [-0.1, -0.05) is 0 Å². The Morgan fingerprint density at radius 1 is 1.29 bits per heavy atom. The Labute approximate surface area is 83.2 Å². The topological polar surface area (TPSA) is 38.5 Å². The molecule has 1 aromatic rings. The summed E-state index contributed by atoms with van der Waals surface area (Å²) in [6.45, 7) is 6.54. The van der Waals surface area contributed by atoms with Gasteiger partial charge in [-0.05, 0) is 12.1 Å². The van der Waals surface area contributed by atoms with Gasteiger partial charge in [0.25, 0.3) is 9.05 Å². The summed E-state index contributed by atoms with van der Waals surface area (Å²) in [5.74, 6) is -2.66. The third kappa shape index (κ3) is 2.00. The van der Waals surface area contributed by atoms with Crippen LogP contribution in [0.15, 0.2) is 17.0 Å². The minimum Gasteiger partial charge on any atom is -0.237 e. The number of hydrogen-bond acceptors (Lipinski definition) is 2. The van der Waals surface area contributed by atoms with Crippen LogP contribution in [0.4, 0.5) is 14.5 Å². The van der Waals surface area contributed by atoms with Gasteiger partial charge in [-0.25, -0.2) is 22.0 Å². The van der Waals surface area contributed by atoms with Gasteiger partial charge in [-0.3, -0.25) is 0 Å². The summed E-state index contributed by atoms with van der Waals surface area (Å²) in [6, 6.07) is 0.864. The van der Waals surface area contributed by atoms with E-state index >= 15 is 0 Å². The molecule has 0 saturated heterocycles. The summed E-state index contributed by atoms with van der Waals surface area (Å²) in [6.07, 6.45) is 0. The van der Waals surface area contributed by atoms with E-state index in [1.54, 1.807) is 0 Å². The van der Waals surface area contributed by atoms with Crippen LogP contribution < -0.4 is 0 Å². The van der Waals surface area contributed by atoms with Gasteiger partial charge in [0.15, 0.2) is 5.82 Å². The van der Waals surface area contributed by atoms with Crippen LogP contribution in [0.5, 0.6) is 0 Å². The van der Waals surface area contributed by atoms with Gasteiger partial charge in [0.2, 0.25) is 5.69 Å². The van der Waals surface area contributed by atoms with E-state index < -0.39 is 31.3 Å². The lowest BCUT2D eigenvalue weighted by molar-refractivity contribution is 0.506. The average molecular weight is 238 g/mol. The molecule has 0 aromatic heterocycles. The Hall–Kier alpha value is -1.19. The van der Waals surface area contributed by atoms with Crippen molar-refractivity contribution < 1.29 is 17.2 Å². The second kappa shape index (κ2) is 3.52. The van der Waals surface area contributed by atoms with Crippen molar-refractivity contribution in [2.45, 2.75) is 4.90 Å². The molecular formula is C7H2ClF2NO2S. The van der Waals surface area contributed by atoms with E-state index in [9.17, 15) is 17.2 Å². The molecular weight excluding hydrogens is 236 g/mol. The van der Waals surface area contributed by atoms with Crippen molar-refractivity contribution >= 4 is 25.4 Å². The molecule has 0 N–H and O–H groups in total. The first-order valence-electron chi connectivity index (χ1n) is 3.17. The number of nitrogens with zero attached hydrogens (tertiary/aromatic N) is 1. The summed E-state index contributed by atoms with van der Waals surface area (Å²) >= 11 is 0. The van der Waals surface area contributed by atoms with Gasteiger partial charge in [-0.15, -0.1) is 0 Å². The summed E-state index contributed by atoms with van der Waals surface area (Å²) in [4.78, 5) is 1.99. The fraction of sp³-hybridized carbons (Fsp3) is 0. The molecule has 14 heavy (non-hydrogen) atoms. The average Bonchev–Trinajstić information content (AvgIpc) is 2.07. The van der Waals surface area contributed by atoms with Gasteiger partial charge in [-0.2, -0.15) is 0 Å². The van der Waals surface area contributed by atoms with E-state index in [1.165, 1.54) is 0 Å². The van der Waals surface area contributed by atoms with Crippen molar-refractivity contribution in [2.24, 2.45) is 0 Å². The highest BCUT2D eigenvalue weighted by atomic mass is 35.7. The largest absolute Gasteiger partial charge is 0.252 e. The number of hydrogen-bond donors (Lipinski definition) is 0. The SMILES string of the molecule is [C-]#[N+]c1cc(F)c(F)cc1S(=O)(=O)Cl. The maximum absolute atomic E-state index is 12.6. The molecule has 1 rings (SSSR count). The molecule has 0 atom stereocenters. The van der Waals surface area contributed by atoms with E-state index in [2.05, 4.69) is 4.85 Å². The van der Waals surface area contributed by atoms with Gasteiger partial charge in [0, 0.05) is 10.7 Å². The Morgan fingerprint density at radius 3 is 2.21 bits per heavy atom. The van der Waals surface area contributed by atoms with Gasteiger partial charge in [0.1, 0.15) is 5.82 Å². The van der Waals surface area contributed by atoms with Crippen LogP contribution in [0.25, 0.3) is 4.85 Å². The van der Waals surface area contributed by atoms with Gasteiger partial charge in [0.05, 0.1) is 11.5 Å². The zero-order valence-electron chi connectivity index (χ0n) is 6.46. The Kier molecular flexibility index (Phi) is 2.73. The Bertz CT molecular complexity index is 521. The van der Waals surface area contributed by atoms with E-state index in [4.69, 9.17) is 17.3 Å². The third-order valence-corrected chi connectivity index (χ3v) is 2.74. The van der Waals surface area contributed by atoms with Crippen molar-refractivity contribution in [3.8, 4) is 0 Å². The monoisotopic (exact) mass is 237 g/mol. The molecule has 0 saturated carbocycles. The summed E-state index contributed by atoms with van der Waals surface area (Å²) < 4.78 is 46.8. The van der Waals surface area contributed by atoms with Crippen LogP contribution in [0.1, 0.15) is 0 Å². The first kappa shape index (κ1) is 10.9. The van der Waals surface area contributed by atoms with Crippen LogP contribution in [0.2, 0.25) is 0 Å². The molecule has 74 valence electrons. The quantitative estimate of drug-likeness (QED) is 0.556. The number of halogens is 3. The molecule has 0 aliphatic heterocycles. The highest BCUT2D eigenvalue weighted by Crippen LogP contribution is 2.29. The molecule has 0 unspecified atom stereocenters. The molecule has 0 aliphatic carbocycles. The number of benzene rings is 1. The summed E-state index contributed by atoms with van der Waals surface area (Å²) in [5.41, 5.74) is -0.543. The highest BCUT2D eigenvalue weighted by molar-refractivity contribution is 8.13. The van der Waals surface area contributed by atoms with Crippen LogP contribution in [0, 0.1) is 18.2 Å². The molecule has 0 aliphatic rings. The minimum absolute atomic E-state index is 0.380. The predicted octanol–water partition coefficient (Wildman–Crippen LogP) is 2.44. The van der Waals surface area contributed by atoms with Gasteiger partial charge >= 0.3 is 0 Å². The second-order valence-corrected chi connectivity index (χ2v) is 4.82. The minimum atomic E-state index is -4.23. The fourth-order valence-corrected chi connectivity index (χ4v) is 1.77. The lowest BCUT2D eigenvalue weighted by Crippen LogP contribution is -1.94. The third-order valence-electron chi connectivity index (χ3n) is 1.38. The summed E-state index contributed by atoms with van der Waals surface area (Å²) in [7, 11) is 0.674. The van der Waals surface area contributed by atoms with Crippen molar-refractivity contribution in [1.29, 1.82) is 0 Å². The zero-order chi connectivity index (χ0) is 10.9. The Balaban J connectivity index is 3.61. The van der Waals surface area contributed by atoms with Crippen LogP contribution in [-0.2, 0) is 9.05 Å². The maximum atomic E-state index is 12.6. The molecule has 7 heteroatoms. The lowest BCUT2D eigenvalue weighted by atomic mass is 10.3. The van der Waals surface area contributed by atoms with Crippen molar-refractivity contribution in [2.75, 3.05) is 0 Å². The normalized spacial score (nSPS) is 11.0. The maximum Gasteiger partial charge on any atom is 0.252 e.